The first-order valence-corrected chi connectivity index (χ1v) is 8.37. The Morgan fingerprint density at radius 3 is 2.74 bits per heavy atom. The maximum atomic E-state index is 12.3. The summed E-state index contributed by atoms with van der Waals surface area (Å²) in [4.78, 5) is 37.8. The third-order valence-corrected chi connectivity index (χ3v) is 4.61. The van der Waals surface area contributed by atoms with E-state index in [1.807, 2.05) is 13.8 Å². The van der Waals surface area contributed by atoms with Crippen molar-refractivity contribution in [3.8, 4) is 0 Å². The van der Waals surface area contributed by atoms with E-state index in [-0.39, 0.29) is 29.4 Å². The van der Waals surface area contributed by atoms with Gasteiger partial charge in [-0.25, -0.2) is 9.59 Å². The number of thiophene rings is 1. The Bertz CT molecular complexity index is 599. The maximum absolute atomic E-state index is 12.3. The molecule has 0 unspecified atom stereocenters. The topological polar surface area (TPSA) is 98.7 Å². The highest BCUT2D eigenvalue weighted by Gasteiger charge is 2.34. The molecule has 1 aliphatic rings. The average Bonchev–Trinajstić information content (AvgIpc) is 3.13. The van der Waals surface area contributed by atoms with E-state index in [1.54, 1.807) is 11.0 Å². The van der Waals surface area contributed by atoms with Crippen LogP contribution < -0.4 is 10.6 Å². The molecule has 23 heavy (non-hydrogen) atoms. The minimum absolute atomic E-state index is 0.0207. The standard InChI is InChI=1S/C15H21N3O4S/c1-9(2)17-15(22)18-7-3-4-11(18)13(19)16-8-10-5-6-12(23-10)14(20)21/h5-6,9,11H,3-4,7-8H2,1-2H3,(H,16,19)(H,17,22)(H,20,21)/t11-/m0/s1. The molecule has 1 aromatic heterocycles. The summed E-state index contributed by atoms with van der Waals surface area (Å²) in [6.07, 6.45) is 1.44. The molecule has 2 rings (SSSR count). The Kier molecular flexibility index (Phi) is 5.59. The first-order chi connectivity index (χ1) is 10.9. The zero-order valence-corrected chi connectivity index (χ0v) is 14.0. The molecule has 126 valence electrons. The van der Waals surface area contributed by atoms with Crippen molar-refractivity contribution in [2.45, 2.75) is 45.3 Å². The first kappa shape index (κ1) is 17.3. The maximum Gasteiger partial charge on any atom is 0.345 e. The lowest BCUT2D eigenvalue weighted by Crippen LogP contribution is -2.50. The number of urea groups is 1. The molecule has 3 N–H and O–H groups in total. The molecule has 7 nitrogen and oxygen atoms in total. The van der Waals surface area contributed by atoms with Crippen LogP contribution in [-0.2, 0) is 11.3 Å². The molecule has 2 heterocycles. The van der Waals surface area contributed by atoms with E-state index in [0.29, 0.717) is 13.0 Å². The Morgan fingerprint density at radius 2 is 2.13 bits per heavy atom. The van der Waals surface area contributed by atoms with E-state index in [1.165, 1.54) is 6.07 Å². The number of amides is 3. The quantitative estimate of drug-likeness (QED) is 0.759. The average molecular weight is 339 g/mol. The number of aromatic carboxylic acids is 1. The SMILES string of the molecule is CC(C)NC(=O)N1CCC[C@H]1C(=O)NCc1ccc(C(=O)O)s1. The molecule has 0 aliphatic carbocycles. The highest BCUT2D eigenvalue weighted by atomic mass is 32.1. The van der Waals surface area contributed by atoms with E-state index < -0.39 is 12.0 Å². The van der Waals surface area contributed by atoms with Gasteiger partial charge in [0.1, 0.15) is 10.9 Å². The van der Waals surface area contributed by atoms with E-state index in [0.717, 1.165) is 22.6 Å². The lowest BCUT2D eigenvalue weighted by molar-refractivity contribution is -0.124. The van der Waals surface area contributed by atoms with Crippen LogP contribution in [0.5, 0.6) is 0 Å². The van der Waals surface area contributed by atoms with Gasteiger partial charge in [-0.15, -0.1) is 11.3 Å². The number of carboxylic acids is 1. The molecule has 0 spiro atoms. The fraction of sp³-hybridized carbons (Fsp3) is 0.533. The lowest BCUT2D eigenvalue weighted by Gasteiger charge is -2.25. The number of carbonyl (C=O) groups is 3. The van der Waals surface area contributed by atoms with Crippen molar-refractivity contribution in [2.75, 3.05) is 6.54 Å². The molecular formula is C15H21N3O4S. The molecule has 8 heteroatoms. The normalized spacial score (nSPS) is 17.3. The highest BCUT2D eigenvalue weighted by Crippen LogP contribution is 2.19. The Hall–Kier alpha value is -2.09. The zero-order chi connectivity index (χ0) is 17.0. The fourth-order valence-electron chi connectivity index (χ4n) is 2.49. The van der Waals surface area contributed by atoms with Crippen molar-refractivity contribution in [3.05, 3.63) is 21.9 Å². The summed E-state index contributed by atoms with van der Waals surface area (Å²) >= 11 is 1.13. The van der Waals surface area contributed by atoms with Gasteiger partial charge in [0.15, 0.2) is 0 Å². The number of nitrogens with one attached hydrogen (secondary N) is 2. The van der Waals surface area contributed by atoms with E-state index in [2.05, 4.69) is 10.6 Å². The smallest absolute Gasteiger partial charge is 0.345 e. The Labute approximate surface area is 138 Å². The Morgan fingerprint density at radius 1 is 1.39 bits per heavy atom. The van der Waals surface area contributed by atoms with Crippen molar-refractivity contribution in [1.29, 1.82) is 0 Å². The van der Waals surface area contributed by atoms with E-state index in [9.17, 15) is 14.4 Å². The third kappa shape index (κ3) is 4.44. The van der Waals surface area contributed by atoms with Crippen LogP contribution in [0.25, 0.3) is 0 Å². The van der Waals surface area contributed by atoms with E-state index in [4.69, 9.17) is 5.11 Å². The van der Waals surface area contributed by atoms with Crippen LogP contribution in [0.2, 0.25) is 0 Å². The summed E-state index contributed by atoms with van der Waals surface area (Å²) in [5, 5.41) is 14.5. The van der Waals surface area contributed by atoms with Gasteiger partial charge in [0, 0.05) is 17.5 Å². The summed E-state index contributed by atoms with van der Waals surface area (Å²) in [7, 11) is 0. The fourth-order valence-corrected chi connectivity index (χ4v) is 3.28. The molecule has 1 aromatic rings. The van der Waals surface area contributed by atoms with Crippen molar-refractivity contribution in [3.63, 3.8) is 0 Å². The largest absolute Gasteiger partial charge is 0.477 e. The van der Waals surface area contributed by atoms with Gasteiger partial charge in [0.2, 0.25) is 5.91 Å². The predicted octanol–water partition coefficient (Wildman–Crippen LogP) is 1.64. The third-order valence-electron chi connectivity index (χ3n) is 3.54. The first-order valence-electron chi connectivity index (χ1n) is 7.55. The van der Waals surface area contributed by atoms with Crippen LogP contribution in [0.4, 0.5) is 4.79 Å². The van der Waals surface area contributed by atoms with Crippen LogP contribution in [0.1, 0.15) is 41.2 Å². The monoisotopic (exact) mass is 339 g/mol. The van der Waals surface area contributed by atoms with Crippen molar-refractivity contribution >= 4 is 29.2 Å². The lowest BCUT2D eigenvalue weighted by atomic mass is 10.2. The van der Waals surface area contributed by atoms with Crippen LogP contribution in [-0.4, -0.2) is 46.5 Å². The van der Waals surface area contributed by atoms with Gasteiger partial charge in [0.25, 0.3) is 0 Å². The van der Waals surface area contributed by atoms with Gasteiger partial charge in [-0.1, -0.05) is 0 Å². The number of likely N-dealkylation sites (tertiary alicyclic amines) is 1. The summed E-state index contributed by atoms with van der Waals surface area (Å²) in [6.45, 7) is 4.59. The molecule has 0 radical (unpaired) electrons. The highest BCUT2D eigenvalue weighted by molar-refractivity contribution is 7.13. The number of nitrogens with zero attached hydrogens (tertiary/aromatic N) is 1. The number of rotatable bonds is 5. The minimum Gasteiger partial charge on any atom is -0.477 e. The van der Waals surface area contributed by atoms with Gasteiger partial charge < -0.3 is 20.6 Å². The van der Waals surface area contributed by atoms with Crippen molar-refractivity contribution in [2.24, 2.45) is 0 Å². The predicted molar refractivity (Wildman–Crippen MR) is 86.5 cm³/mol. The van der Waals surface area contributed by atoms with Gasteiger partial charge >= 0.3 is 12.0 Å². The zero-order valence-electron chi connectivity index (χ0n) is 13.2. The van der Waals surface area contributed by atoms with Crippen LogP contribution in [0, 0.1) is 0 Å². The second-order valence-electron chi connectivity index (χ2n) is 5.74. The minimum atomic E-state index is -0.972. The molecular weight excluding hydrogens is 318 g/mol. The number of hydrogen-bond donors (Lipinski definition) is 3. The van der Waals surface area contributed by atoms with E-state index >= 15 is 0 Å². The van der Waals surface area contributed by atoms with Gasteiger partial charge in [0.05, 0.1) is 6.54 Å². The summed E-state index contributed by atoms with van der Waals surface area (Å²) in [5.74, 6) is -1.17. The second-order valence-corrected chi connectivity index (χ2v) is 6.91. The second kappa shape index (κ2) is 7.45. The number of carbonyl (C=O) groups excluding carboxylic acids is 2. The van der Waals surface area contributed by atoms with Crippen molar-refractivity contribution < 1.29 is 19.5 Å². The molecule has 3 amide bonds. The molecule has 1 saturated heterocycles. The van der Waals surface area contributed by atoms with Gasteiger partial charge in [-0.05, 0) is 38.8 Å². The van der Waals surface area contributed by atoms with Gasteiger partial charge in [-0.3, -0.25) is 4.79 Å². The van der Waals surface area contributed by atoms with Crippen molar-refractivity contribution in [1.82, 2.24) is 15.5 Å². The van der Waals surface area contributed by atoms with Crippen LogP contribution in [0.15, 0.2) is 12.1 Å². The van der Waals surface area contributed by atoms with Crippen LogP contribution in [0.3, 0.4) is 0 Å². The Balaban J connectivity index is 1.91. The summed E-state index contributed by atoms with van der Waals surface area (Å²) in [6, 6.07) is 2.54. The number of hydrogen-bond acceptors (Lipinski definition) is 4. The number of carboxylic acid groups (broad SMARTS) is 1. The van der Waals surface area contributed by atoms with Crippen LogP contribution >= 0.6 is 11.3 Å². The molecule has 0 saturated carbocycles. The molecule has 1 atom stereocenters. The molecule has 1 fully saturated rings. The van der Waals surface area contributed by atoms with Gasteiger partial charge in [-0.2, -0.15) is 0 Å². The molecule has 0 bridgehead atoms. The summed E-state index contributed by atoms with van der Waals surface area (Å²) < 4.78 is 0. The molecule has 1 aliphatic heterocycles. The summed E-state index contributed by atoms with van der Waals surface area (Å²) in [5.41, 5.74) is 0. The molecule has 0 aromatic carbocycles.